The number of rotatable bonds is 9. The highest BCUT2D eigenvalue weighted by molar-refractivity contribution is 5.77. The summed E-state index contributed by atoms with van der Waals surface area (Å²) in [4.78, 5) is 35.5. The fourth-order valence-corrected chi connectivity index (χ4v) is 10.8. The molecule has 0 aromatic rings. The molecule has 5 rings (SSSR count). The average molecular weight is 675 g/mol. The van der Waals surface area contributed by atoms with Gasteiger partial charge in [-0.3, -0.25) is 14.4 Å². The number of hydrogen-bond donors (Lipinski definition) is 1. The lowest BCUT2D eigenvalue weighted by atomic mass is 9.43. The van der Waals surface area contributed by atoms with Gasteiger partial charge in [0.2, 0.25) is 0 Å². The highest BCUT2D eigenvalue weighted by Crippen LogP contribution is 2.68. The van der Waals surface area contributed by atoms with Crippen LogP contribution in [0.5, 0.6) is 0 Å². The molecule has 5 fully saturated rings. The lowest BCUT2D eigenvalue weighted by molar-refractivity contribution is -0.183. The van der Waals surface area contributed by atoms with Crippen molar-refractivity contribution in [2.75, 3.05) is 6.61 Å². The van der Waals surface area contributed by atoms with Crippen LogP contribution in [-0.2, 0) is 28.6 Å². The van der Waals surface area contributed by atoms with E-state index < -0.39 is 11.0 Å². The summed E-state index contributed by atoms with van der Waals surface area (Å²) < 4.78 is 16.3. The second-order valence-corrected chi connectivity index (χ2v) is 18.1. The molecule has 1 heterocycles. The number of esters is 3. The van der Waals surface area contributed by atoms with Crippen molar-refractivity contribution in [1.82, 2.24) is 0 Å². The van der Waals surface area contributed by atoms with Gasteiger partial charge in [-0.2, -0.15) is 0 Å². The molecular weight excluding hydrogens is 604 g/mol. The Balaban J connectivity index is 0.000000274. The summed E-state index contributed by atoms with van der Waals surface area (Å²) in [6, 6.07) is 0. The molecule has 5 aliphatic rings. The summed E-state index contributed by atoms with van der Waals surface area (Å²) in [6.07, 6.45) is 14.2. The molecule has 48 heavy (non-hydrogen) atoms. The molecule has 4 aliphatic carbocycles. The molecule has 1 aliphatic heterocycles. The van der Waals surface area contributed by atoms with E-state index in [9.17, 15) is 19.5 Å². The highest BCUT2D eigenvalue weighted by Gasteiger charge is 2.63. The summed E-state index contributed by atoms with van der Waals surface area (Å²) in [6.45, 7) is 21.5. The van der Waals surface area contributed by atoms with E-state index in [-0.39, 0.29) is 47.9 Å². The van der Waals surface area contributed by atoms with E-state index in [1.165, 1.54) is 38.5 Å². The zero-order chi connectivity index (χ0) is 35.7. The molecule has 7 nitrogen and oxygen atoms in total. The topological polar surface area (TPSA) is 99.1 Å². The van der Waals surface area contributed by atoms with Crippen LogP contribution in [0.1, 0.15) is 159 Å². The fraction of sp³-hybridized carbons (Fsp3) is 0.927. The molecular formula is C41H70O7. The number of fused-ring (bicyclic) bond motifs is 5. The van der Waals surface area contributed by atoms with Crippen LogP contribution in [0.25, 0.3) is 0 Å². The van der Waals surface area contributed by atoms with Crippen LogP contribution in [0.15, 0.2) is 0 Å². The van der Waals surface area contributed by atoms with Gasteiger partial charge in [-0.05, 0) is 131 Å². The van der Waals surface area contributed by atoms with Crippen LogP contribution in [0.3, 0.4) is 0 Å². The van der Waals surface area contributed by atoms with Crippen LogP contribution in [0.2, 0.25) is 0 Å². The van der Waals surface area contributed by atoms with E-state index >= 15 is 0 Å². The third-order valence-electron chi connectivity index (χ3n) is 14.7. The van der Waals surface area contributed by atoms with Gasteiger partial charge in [0.25, 0.3) is 0 Å². The smallest absolute Gasteiger partial charge is 0.312 e. The van der Waals surface area contributed by atoms with Crippen molar-refractivity contribution < 1.29 is 33.7 Å². The van der Waals surface area contributed by atoms with E-state index in [2.05, 4.69) is 34.6 Å². The lowest BCUT2D eigenvalue weighted by Gasteiger charge is -2.62. The fourth-order valence-electron chi connectivity index (χ4n) is 10.8. The largest absolute Gasteiger partial charge is 0.465 e. The highest BCUT2D eigenvalue weighted by atomic mass is 16.6. The number of aliphatic hydroxyl groups is 1. The van der Waals surface area contributed by atoms with Crippen LogP contribution in [0, 0.1) is 57.7 Å². The van der Waals surface area contributed by atoms with E-state index in [1.807, 2.05) is 27.7 Å². The van der Waals surface area contributed by atoms with Gasteiger partial charge in [-0.15, -0.1) is 0 Å². The third kappa shape index (κ3) is 7.81. The van der Waals surface area contributed by atoms with E-state index in [1.54, 1.807) is 6.92 Å². The number of cyclic esters (lactones) is 1. The molecule has 1 saturated heterocycles. The maximum atomic E-state index is 12.4. The Morgan fingerprint density at radius 3 is 2.31 bits per heavy atom. The van der Waals surface area contributed by atoms with Crippen molar-refractivity contribution >= 4 is 17.9 Å². The molecule has 1 N–H and O–H groups in total. The van der Waals surface area contributed by atoms with Gasteiger partial charge < -0.3 is 19.3 Å². The Hall–Kier alpha value is -1.63. The third-order valence-corrected chi connectivity index (χ3v) is 14.7. The predicted molar refractivity (Wildman–Crippen MR) is 189 cm³/mol. The number of carbonyl (C=O) groups excluding carboxylic acids is 3. The molecule has 12 atom stereocenters. The maximum absolute atomic E-state index is 12.4. The summed E-state index contributed by atoms with van der Waals surface area (Å²) in [5, 5.41) is 11.7. The summed E-state index contributed by atoms with van der Waals surface area (Å²) in [5.74, 6) is 3.63. The Kier molecular flexibility index (Phi) is 12.5. The number of carbonyl (C=O) groups is 3. The van der Waals surface area contributed by atoms with Crippen molar-refractivity contribution in [2.45, 2.75) is 177 Å². The zero-order valence-electron chi connectivity index (χ0n) is 32.2. The molecule has 276 valence electrons. The van der Waals surface area contributed by atoms with Crippen molar-refractivity contribution in [1.29, 1.82) is 0 Å². The first-order chi connectivity index (χ1) is 22.5. The number of aliphatic hydroxyl groups excluding tert-OH is 1. The Morgan fingerprint density at radius 2 is 1.69 bits per heavy atom. The van der Waals surface area contributed by atoms with Gasteiger partial charge in [0, 0.05) is 6.42 Å². The van der Waals surface area contributed by atoms with Gasteiger partial charge in [0.05, 0.1) is 30.5 Å². The maximum Gasteiger partial charge on any atom is 0.312 e. The van der Waals surface area contributed by atoms with Gasteiger partial charge in [-0.25, -0.2) is 0 Å². The van der Waals surface area contributed by atoms with Gasteiger partial charge in [0.1, 0.15) is 11.7 Å². The standard InChI is InChI=1S/C29H50O3.C12H20O4/c1-7-9-19(4)23-12-13-24-22-11-10-20-16-21(32-27(31)18(3)8-2)14-15-28(20,5)25(22)17-26(30)29(23,24)6;1-5-11(2,3)10(14)16-12(4)6-7-15-9(13)8-12/h18-26,30H,7-17H2,1-6H3;5-8H2,1-4H3/t18?,19?,20?,21-,22?,23?,24?,25?,26-,28-,29+;/m0./s1. The lowest BCUT2D eigenvalue weighted by Crippen LogP contribution is -2.59. The van der Waals surface area contributed by atoms with Gasteiger partial charge >= 0.3 is 17.9 Å². The van der Waals surface area contributed by atoms with Crippen molar-refractivity contribution in [2.24, 2.45) is 57.7 Å². The molecule has 4 saturated carbocycles. The van der Waals surface area contributed by atoms with Crippen LogP contribution >= 0.6 is 0 Å². The molecule has 0 radical (unpaired) electrons. The van der Waals surface area contributed by atoms with Crippen LogP contribution in [-0.4, -0.2) is 47.4 Å². The van der Waals surface area contributed by atoms with E-state index in [0.717, 1.165) is 43.9 Å². The van der Waals surface area contributed by atoms with Crippen molar-refractivity contribution in [3.63, 3.8) is 0 Å². The first-order valence-electron chi connectivity index (χ1n) is 19.7. The molecule has 0 aromatic heterocycles. The molecule has 8 unspecified atom stereocenters. The second kappa shape index (κ2) is 15.3. The minimum Gasteiger partial charge on any atom is -0.465 e. The second-order valence-electron chi connectivity index (χ2n) is 18.1. The van der Waals surface area contributed by atoms with Crippen LogP contribution < -0.4 is 0 Å². The van der Waals surface area contributed by atoms with Gasteiger partial charge in [0.15, 0.2) is 0 Å². The van der Waals surface area contributed by atoms with Crippen molar-refractivity contribution in [3.8, 4) is 0 Å². The molecule has 0 bridgehead atoms. The molecule has 0 amide bonds. The summed E-state index contributed by atoms with van der Waals surface area (Å²) >= 11 is 0. The van der Waals surface area contributed by atoms with Gasteiger partial charge in [-0.1, -0.05) is 61.3 Å². The Bertz CT molecular complexity index is 1130. The number of hydrogen-bond acceptors (Lipinski definition) is 7. The number of ether oxygens (including phenoxy) is 3. The average Bonchev–Trinajstić information content (AvgIpc) is 3.40. The predicted octanol–water partition coefficient (Wildman–Crippen LogP) is 9.07. The zero-order valence-corrected chi connectivity index (χ0v) is 32.2. The van der Waals surface area contributed by atoms with E-state index in [4.69, 9.17) is 14.2 Å². The van der Waals surface area contributed by atoms with Crippen molar-refractivity contribution in [3.05, 3.63) is 0 Å². The first-order valence-corrected chi connectivity index (χ1v) is 19.7. The Labute approximate surface area is 292 Å². The monoisotopic (exact) mass is 675 g/mol. The normalized spacial score (nSPS) is 40.5. The Morgan fingerprint density at radius 1 is 0.979 bits per heavy atom. The molecule has 0 aromatic carbocycles. The quantitative estimate of drug-likeness (QED) is 0.192. The summed E-state index contributed by atoms with van der Waals surface area (Å²) in [7, 11) is 0. The SMILES string of the molecule is CCC(C)(C)C(=O)OC1(C)CCOC(=O)C1.CCCC(C)C1CCC2C3CCC4C[C@@H](OC(=O)C(C)CC)CC[C@]4(C)C3C[C@H](O)[C@]12C. The first kappa shape index (κ1) is 39.2. The molecule has 7 heteroatoms. The molecule has 0 spiro atoms. The summed E-state index contributed by atoms with van der Waals surface area (Å²) in [5.41, 5.74) is -0.775. The van der Waals surface area contributed by atoms with E-state index in [0.29, 0.717) is 48.5 Å². The minimum atomic E-state index is -0.696. The minimum absolute atomic E-state index is 0.00293. The van der Waals surface area contributed by atoms with Crippen LogP contribution in [0.4, 0.5) is 0 Å².